The molecule has 88 valence electrons. The van der Waals surface area contributed by atoms with E-state index in [2.05, 4.69) is 16.2 Å². The van der Waals surface area contributed by atoms with E-state index in [-0.39, 0.29) is 5.82 Å². The fourth-order valence-corrected chi connectivity index (χ4v) is 2.91. The van der Waals surface area contributed by atoms with E-state index < -0.39 is 10.5 Å². The highest BCUT2D eigenvalue weighted by atomic mass is 32.2. The van der Waals surface area contributed by atoms with Gasteiger partial charge < -0.3 is 0 Å². The third-order valence-electron chi connectivity index (χ3n) is 2.23. The van der Waals surface area contributed by atoms with Crippen LogP contribution in [0.25, 0.3) is 0 Å². The van der Waals surface area contributed by atoms with Crippen molar-refractivity contribution in [2.75, 3.05) is 0 Å². The van der Waals surface area contributed by atoms with E-state index >= 15 is 0 Å². The van der Waals surface area contributed by atoms with Gasteiger partial charge in [-0.25, -0.2) is 4.39 Å². The van der Waals surface area contributed by atoms with E-state index in [1.165, 1.54) is 12.1 Å². The second kappa shape index (κ2) is 5.97. The summed E-state index contributed by atoms with van der Waals surface area (Å²) in [6.45, 7) is 0. The molecule has 1 unspecified atom stereocenters. The average molecular weight is 255 g/mol. The van der Waals surface area contributed by atoms with Crippen molar-refractivity contribution in [2.24, 2.45) is 4.99 Å². The Kier molecular flexibility index (Phi) is 4.09. The lowest BCUT2D eigenvalue weighted by molar-refractivity contribution is 0.626. The molecule has 3 heteroatoms. The van der Waals surface area contributed by atoms with Gasteiger partial charge >= 0.3 is 0 Å². The Balaban J connectivity index is 2.55. The van der Waals surface area contributed by atoms with Gasteiger partial charge in [-0.05, 0) is 36.4 Å². The van der Waals surface area contributed by atoms with Crippen molar-refractivity contribution in [1.29, 1.82) is 0 Å². The van der Waals surface area contributed by atoms with Crippen LogP contribution >= 0.6 is 10.5 Å². The zero-order valence-electron chi connectivity index (χ0n) is 9.51. The van der Waals surface area contributed by atoms with Gasteiger partial charge in [0.15, 0.2) is 0 Å². The predicted molar refractivity (Wildman–Crippen MR) is 73.2 cm³/mol. The molecule has 0 bridgehead atoms. The molecule has 0 aromatic heterocycles. The number of hydrogen-bond acceptors (Lipinski definition) is 1. The number of aliphatic imine (C=N–C) groups is 1. The molecule has 0 aliphatic rings. The van der Waals surface area contributed by atoms with Gasteiger partial charge in [0.1, 0.15) is 5.82 Å². The zero-order chi connectivity index (χ0) is 12.8. The maximum Gasteiger partial charge on any atom is 0.123 e. The predicted octanol–water partition coefficient (Wildman–Crippen LogP) is 4.01. The van der Waals surface area contributed by atoms with Crippen molar-refractivity contribution in [3.8, 4) is 12.5 Å². The van der Waals surface area contributed by atoms with Crippen LogP contribution in [0.4, 0.5) is 4.39 Å². The first kappa shape index (κ1) is 12.3. The van der Waals surface area contributed by atoms with E-state index in [1.54, 1.807) is 12.1 Å². The number of terminal acetylenes is 1. The van der Waals surface area contributed by atoms with Crippen molar-refractivity contribution in [3.05, 3.63) is 60.4 Å². The highest BCUT2D eigenvalue weighted by Crippen LogP contribution is 2.34. The molecule has 18 heavy (non-hydrogen) atoms. The lowest BCUT2D eigenvalue weighted by Gasteiger charge is -2.05. The summed E-state index contributed by atoms with van der Waals surface area (Å²) in [4.78, 5) is 5.72. The van der Waals surface area contributed by atoms with Gasteiger partial charge in [-0.2, -0.15) is 0 Å². The molecule has 0 N–H and O–H groups in total. The lowest BCUT2D eigenvalue weighted by atomic mass is 10.3. The molecule has 0 heterocycles. The highest BCUT2D eigenvalue weighted by Gasteiger charge is 2.02. The Morgan fingerprint density at radius 1 is 0.944 bits per heavy atom. The second-order valence-electron chi connectivity index (χ2n) is 3.41. The molecule has 1 atom stereocenters. The van der Waals surface area contributed by atoms with E-state index in [0.29, 0.717) is 0 Å². The third-order valence-corrected chi connectivity index (χ3v) is 3.99. The molecular formula is C15H10FNS. The number of hydrogen-bond donors (Lipinski definition) is 0. The number of rotatable bonds is 2. The molecule has 1 nitrogen and oxygen atoms in total. The minimum absolute atomic E-state index is 0.260. The fraction of sp³-hybridized carbons (Fsp3) is 0. The topological polar surface area (TPSA) is 12.4 Å². The minimum Gasteiger partial charge on any atom is -0.207 e. The molecule has 0 aliphatic heterocycles. The molecule has 0 radical (unpaired) electrons. The summed E-state index contributed by atoms with van der Waals surface area (Å²) in [6.07, 6.45) is 5.12. The van der Waals surface area contributed by atoms with Gasteiger partial charge in [-0.1, -0.05) is 35.1 Å². The van der Waals surface area contributed by atoms with Crippen molar-refractivity contribution in [2.45, 2.75) is 9.79 Å². The van der Waals surface area contributed by atoms with Crippen LogP contribution in [0.15, 0.2) is 69.4 Å². The smallest absolute Gasteiger partial charge is 0.123 e. The highest BCUT2D eigenvalue weighted by molar-refractivity contribution is 8.14. The fourth-order valence-electron chi connectivity index (χ4n) is 1.44. The average Bonchev–Trinajstić information content (AvgIpc) is 2.42. The van der Waals surface area contributed by atoms with Crippen LogP contribution in [0.3, 0.4) is 0 Å². The first-order chi connectivity index (χ1) is 8.81. The largest absolute Gasteiger partial charge is 0.207 e. The molecule has 0 fully saturated rings. The molecular weight excluding hydrogens is 245 g/mol. The van der Waals surface area contributed by atoms with E-state index in [0.717, 1.165) is 9.79 Å². The number of benzene rings is 2. The summed E-state index contributed by atoms with van der Waals surface area (Å²) in [5.41, 5.74) is 0. The van der Waals surface area contributed by atoms with Crippen molar-refractivity contribution < 1.29 is 4.39 Å². The minimum atomic E-state index is -0.485. The monoisotopic (exact) mass is 255 g/mol. The van der Waals surface area contributed by atoms with Crippen LogP contribution in [0.5, 0.6) is 0 Å². The quantitative estimate of drug-likeness (QED) is 0.437. The summed E-state index contributed by atoms with van der Waals surface area (Å²) in [5, 5.41) is 2.92. The number of halogens is 1. The van der Waals surface area contributed by atoms with Crippen LogP contribution < -0.4 is 0 Å². The van der Waals surface area contributed by atoms with Crippen LogP contribution in [-0.4, -0.2) is 5.16 Å². The Bertz CT molecular complexity index is 632. The van der Waals surface area contributed by atoms with Gasteiger partial charge in [-0.3, -0.25) is 0 Å². The normalized spacial score (nSPS) is 11.1. The molecule has 2 aromatic carbocycles. The number of nitrogens with zero attached hydrogens (tertiary/aromatic N) is 1. The van der Waals surface area contributed by atoms with E-state index in [9.17, 15) is 4.39 Å². The van der Waals surface area contributed by atoms with Gasteiger partial charge in [0.2, 0.25) is 0 Å². The van der Waals surface area contributed by atoms with Crippen molar-refractivity contribution >= 4 is 15.6 Å². The summed E-state index contributed by atoms with van der Waals surface area (Å²) in [5.74, 6) is -0.260. The molecule has 2 rings (SSSR count). The van der Waals surface area contributed by atoms with E-state index in [4.69, 9.17) is 6.42 Å². The first-order valence-corrected chi connectivity index (χ1v) is 6.49. The van der Waals surface area contributed by atoms with Crippen molar-refractivity contribution in [3.63, 3.8) is 0 Å². The summed E-state index contributed by atoms with van der Waals surface area (Å²) in [7, 11) is -0.485. The SMILES string of the molecule is C#CN=C=S(c1ccccc1)c1ccc(F)cc1. The van der Waals surface area contributed by atoms with Crippen LogP contribution in [0.1, 0.15) is 0 Å². The maximum absolute atomic E-state index is 12.9. The van der Waals surface area contributed by atoms with Gasteiger partial charge in [0, 0.05) is 21.0 Å². The third kappa shape index (κ3) is 2.95. The molecule has 0 aliphatic carbocycles. The summed E-state index contributed by atoms with van der Waals surface area (Å²) >= 11 is 0. The Labute approximate surface area is 108 Å². The zero-order valence-corrected chi connectivity index (χ0v) is 10.3. The summed E-state index contributed by atoms with van der Waals surface area (Å²) in [6, 6.07) is 18.3. The van der Waals surface area contributed by atoms with Crippen LogP contribution in [-0.2, 0) is 0 Å². The van der Waals surface area contributed by atoms with Crippen LogP contribution in [0.2, 0.25) is 0 Å². The maximum atomic E-state index is 12.9. The molecule has 0 amide bonds. The van der Waals surface area contributed by atoms with E-state index in [1.807, 2.05) is 30.3 Å². The molecule has 2 aromatic rings. The second-order valence-corrected chi connectivity index (χ2v) is 5.14. The Hall–Kier alpha value is -2.14. The number of isothiocyanates is 1. The summed E-state index contributed by atoms with van der Waals surface area (Å²) < 4.78 is 12.9. The Morgan fingerprint density at radius 2 is 1.56 bits per heavy atom. The lowest BCUT2D eigenvalue weighted by Crippen LogP contribution is -1.80. The standard InChI is InChI=1S/C15H10FNS/c1-2-17-12-18(14-6-4-3-5-7-14)15-10-8-13(16)9-11-15/h1,3-11H. The van der Waals surface area contributed by atoms with Crippen molar-refractivity contribution in [1.82, 2.24) is 0 Å². The van der Waals surface area contributed by atoms with Gasteiger partial charge in [0.05, 0.1) is 0 Å². The Morgan fingerprint density at radius 3 is 2.17 bits per heavy atom. The van der Waals surface area contributed by atoms with Gasteiger partial charge in [-0.15, -0.1) is 4.99 Å². The van der Waals surface area contributed by atoms with Gasteiger partial charge in [0.25, 0.3) is 0 Å². The molecule has 0 saturated carbocycles. The first-order valence-electron chi connectivity index (χ1n) is 5.27. The molecule has 0 spiro atoms. The molecule has 0 saturated heterocycles. The van der Waals surface area contributed by atoms with Crippen LogP contribution in [0, 0.1) is 18.3 Å².